The van der Waals surface area contributed by atoms with Crippen LogP contribution in [0.25, 0.3) is 53.6 Å². The lowest BCUT2D eigenvalue weighted by Gasteiger charge is -2.61. The maximum atomic E-state index is 2.55. The van der Waals surface area contributed by atoms with E-state index in [-0.39, 0.29) is 5.41 Å². The number of anilines is 3. The quantitative estimate of drug-likeness (QED) is 0.172. The summed E-state index contributed by atoms with van der Waals surface area (Å²) < 4.78 is 2.69. The Morgan fingerprint density at radius 1 is 0.407 bits per heavy atom. The molecule has 0 amide bonds. The lowest BCUT2D eigenvalue weighted by Crippen LogP contribution is -2.55. The molecule has 1 aromatic heterocycles. The van der Waals surface area contributed by atoms with Gasteiger partial charge in [-0.1, -0.05) is 109 Å². The summed E-state index contributed by atoms with van der Waals surface area (Å²) in [5, 5.41) is 2.68. The average Bonchev–Trinajstić information content (AvgIpc) is 3.74. The summed E-state index contributed by atoms with van der Waals surface area (Å²) in [6, 6.07) is 61.8. The largest absolute Gasteiger partial charge is 0.310 e. The molecule has 260 valence electrons. The molecular weight excluding hydrogens is 671 g/mol. The van der Waals surface area contributed by atoms with Crippen LogP contribution in [0.1, 0.15) is 43.2 Å². The van der Waals surface area contributed by atoms with Crippen LogP contribution in [0.4, 0.5) is 17.1 Å². The Bertz CT molecular complexity index is 2690. The molecule has 4 fully saturated rings. The van der Waals surface area contributed by atoms with Crippen molar-refractivity contribution in [2.24, 2.45) is 23.7 Å². The van der Waals surface area contributed by atoms with Gasteiger partial charge in [-0.25, -0.2) is 0 Å². The van der Waals surface area contributed by atoms with Gasteiger partial charge in [0.25, 0.3) is 0 Å². The second kappa shape index (κ2) is 11.8. The Balaban J connectivity index is 0.981. The predicted octanol–water partition coefficient (Wildman–Crippen LogP) is 14.6. The van der Waals surface area contributed by atoms with Gasteiger partial charge in [-0.2, -0.15) is 0 Å². The van der Waals surface area contributed by atoms with Crippen molar-refractivity contribution in [2.75, 3.05) is 4.90 Å². The van der Waals surface area contributed by atoms with Crippen LogP contribution in [0.2, 0.25) is 0 Å². The summed E-state index contributed by atoms with van der Waals surface area (Å²) >= 11 is 1.88. The fourth-order valence-electron chi connectivity index (χ4n) is 11.9. The zero-order valence-corrected chi connectivity index (χ0v) is 31.1. The molecule has 0 radical (unpaired) electrons. The molecule has 5 aliphatic carbocycles. The Hall–Kier alpha value is -5.44. The summed E-state index contributed by atoms with van der Waals surface area (Å²) in [7, 11) is 0. The third kappa shape index (κ3) is 4.50. The maximum absolute atomic E-state index is 2.55. The van der Waals surface area contributed by atoms with Crippen LogP contribution < -0.4 is 4.90 Å². The lowest BCUT2D eigenvalue weighted by atomic mass is 9.43. The summed E-state index contributed by atoms with van der Waals surface area (Å²) in [6.07, 6.45) is 7.11. The first-order valence-electron chi connectivity index (χ1n) is 19.9. The highest BCUT2D eigenvalue weighted by Gasteiger charge is 2.61. The first-order valence-corrected chi connectivity index (χ1v) is 20.7. The molecule has 1 heterocycles. The van der Waals surface area contributed by atoms with Crippen LogP contribution in [0.3, 0.4) is 0 Å². The smallest absolute Gasteiger partial charge is 0.0468 e. The summed E-state index contributed by atoms with van der Waals surface area (Å²) in [6.45, 7) is 0. The fraction of sp³-hybridized carbons (Fsp3) is 0.192. The SMILES string of the molecule is c1ccc(-c2ccc(N(c3ccc(-c4ccc5sc6ccccc6c5c4)cc3)c3ccc4c(c3)-c3ccccc3C43C4CC5CC(C4)CC3C5)cc2)cc1. The van der Waals surface area contributed by atoms with Crippen molar-refractivity contribution in [1.82, 2.24) is 0 Å². The van der Waals surface area contributed by atoms with Gasteiger partial charge >= 0.3 is 0 Å². The fourth-order valence-corrected chi connectivity index (χ4v) is 13.0. The monoisotopic (exact) mass is 711 g/mol. The predicted molar refractivity (Wildman–Crippen MR) is 228 cm³/mol. The van der Waals surface area contributed by atoms with E-state index >= 15 is 0 Å². The van der Waals surface area contributed by atoms with Gasteiger partial charge in [-0.3, -0.25) is 0 Å². The zero-order valence-electron chi connectivity index (χ0n) is 30.3. The molecular formula is C52H41NS. The molecule has 1 nitrogen and oxygen atoms in total. The summed E-state index contributed by atoms with van der Waals surface area (Å²) in [4.78, 5) is 2.47. The molecule has 2 heteroatoms. The molecule has 0 unspecified atom stereocenters. The van der Waals surface area contributed by atoms with Crippen molar-refractivity contribution >= 4 is 48.6 Å². The Kier molecular flexibility index (Phi) is 6.75. The van der Waals surface area contributed by atoms with E-state index in [2.05, 4.69) is 169 Å². The molecule has 7 aromatic carbocycles. The van der Waals surface area contributed by atoms with Crippen molar-refractivity contribution in [3.63, 3.8) is 0 Å². The van der Waals surface area contributed by atoms with Crippen LogP contribution in [-0.4, -0.2) is 0 Å². The average molecular weight is 712 g/mol. The highest BCUT2D eigenvalue weighted by Crippen LogP contribution is 2.69. The molecule has 54 heavy (non-hydrogen) atoms. The van der Waals surface area contributed by atoms with E-state index in [0.717, 1.165) is 23.7 Å². The minimum atomic E-state index is 0.177. The third-order valence-corrected chi connectivity index (χ3v) is 15.0. The minimum absolute atomic E-state index is 0.177. The number of fused-ring (bicyclic) bond motifs is 6. The molecule has 4 saturated carbocycles. The molecule has 13 rings (SSSR count). The topological polar surface area (TPSA) is 3.24 Å². The maximum Gasteiger partial charge on any atom is 0.0468 e. The van der Waals surface area contributed by atoms with E-state index in [1.165, 1.54) is 103 Å². The van der Waals surface area contributed by atoms with Crippen LogP contribution >= 0.6 is 11.3 Å². The van der Waals surface area contributed by atoms with Gasteiger partial charge in [-0.15, -0.1) is 11.3 Å². The normalized spacial score (nSPS) is 23.3. The lowest BCUT2D eigenvalue weighted by molar-refractivity contribution is -0.0399. The van der Waals surface area contributed by atoms with Crippen molar-refractivity contribution in [3.8, 4) is 33.4 Å². The van der Waals surface area contributed by atoms with Gasteiger partial charge in [-0.05, 0) is 155 Å². The standard InChI is InChI=1S/C52H41NS/c1-2-8-35(9-3-1)36-14-19-41(20-15-36)53(42-21-16-37(17-22-42)38-18-25-51-47(31-38)45-11-5-7-13-50(45)54-51)43-23-24-49-46(32-43)44-10-4-6-12-48(44)52(49)39-27-33-26-34(29-39)30-40(52)28-33/h1-25,31-34,39-40H,26-30H2. The third-order valence-electron chi connectivity index (χ3n) is 13.9. The van der Waals surface area contributed by atoms with Gasteiger partial charge in [0.05, 0.1) is 0 Å². The zero-order chi connectivity index (χ0) is 35.4. The van der Waals surface area contributed by atoms with Gasteiger partial charge in [0.15, 0.2) is 0 Å². The van der Waals surface area contributed by atoms with Gasteiger partial charge in [0.2, 0.25) is 0 Å². The molecule has 1 spiro atoms. The molecule has 0 aliphatic heterocycles. The number of hydrogen-bond donors (Lipinski definition) is 0. The molecule has 0 atom stereocenters. The first kappa shape index (κ1) is 31.0. The van der Waals surface area contributed by atoms with E-state index < -0.39 is 0 Å². The second-order valence-electron chi connectivity index (χ2n) is 16.6. The van der Waals surface area contributed by atoms with Crippen molar-refractivity contribution in [2.45, 2.75) is 37.5 Å². The Morgan fingerprint density at radius 3 is 1.70 bits per heavy atom. The summed E-state index contributed by atoms with van der Waals surface area (Å²) in [5.41, 5.74) is 14.8. The molecule has 8 aromatic rings. The van der Waals surface area contributed by atoms with Gasteiger partial charge < -0.3 is 4.90 Å². The van der Waals surface area contributed by atoms with Crippen LogP contribution in [0.15, 0.2) is 164 Å². The Morgan fingerprint density at radius 2 is 0.963 bits per heavy atom. The molecule has 4 bridgehead atoms. The molecule has 0 saturated heterocycles. The molecule has 0 N–H and O–H groups in total. The van der Waals surface area contributed by atoms with Crippen molar-refractivity contribution < 1.29 is 0 Å². The molecule has 5 aliphatic rings. The summed E-state index contributed by atoms with van der Waals surface area (Å²) in [5.74, 6) is 3.42. The highest BCUT2D eigenvalue weighted by atomic mass is 32.1. The number of thiophene rings is 1. The second-order valence-corrected chi connectivity index (χ2v) is 17.6. The van der Waals surface area contributed by atoms with Gasteiger partial charge in [0, 0.05) is 42.6 Å². The first-order chi connectivity index (χ1) is 26.7. The van der Waals surface area contributed by atoms with Crippen molar-refractivity contribution in [1.29, 1.82) is 0 Å². The Labute approximate surface area is 321 Å². The van der Waals surface area contributed by atoms with Crippen LogP contribution in [-0.2, 0) is 5.41 Å². The van der Waals surface area contributed by atoms with E-state index in [4.69, 9.17) is 0 Å². The van der Waals surface area contributed by atoms with E-state index in [1.54, 1.807) is 11.1 Å². The van der Waals surface area contributed by atoms with E-state index in [1.807, 2.05) is 11.3 Å². The van der Waals surface area contributed by atoms with Crippen LogP contribution in [0, 0.1) is 23.7 Å². The van der Waals surface area contributed by atoms with E-state index in [0.29, 0.717) is 0 Å². The number of nitrogens with zero attached hydrogens (tertiary/aromatic N) is 1. The van der Waals surface area contributed by atoms with Crippen LogP contribution in [0.5, 0.6) is 0 Å². The van der Waals surface area contributed by atoms with E-state index in [9.17, 15) is 0 Å². The van der Waals surface area contributed by atoms with Crippen molar-refractivity contribution in [3.05, 3.63) is 175 Å². The highest BCUT2D eigenvalue weighted by molar-refractivity contribution is 7.25. The number of benzene rings is 7. The minimum Gasteiger partial charge on any atom is -0.310 e. The number of rotatable bonds is 5. The van der Waals surface area contributed by atoms with Gasteiger partial charge in [0.1, 0.15) is 0 Å². The number of hydrogen-bond acceptors (Lipinski definition) is 2.